The summed E-state index contributed by atoms with van der Waals surface area (Å²) in [5, 5.41) is 7.28. The van der Waals surface area contributed by atoms with Crippen molar-refractivity contribution in [3.05, 3.63) is 35.2 Å². The summed E-state index contributed by atoms with van der Waals surface area (Å²) in [7, 11) is 0. The molecule has 0 atom stereocenters. The zero-order chi connectivity index (χ0) is 11.7. The second-order valence-electron chi connectivity index (χ2n) is 5.29. The first-order valence-corrected chi connectivity index (χ1v) is 7.37. The summed E-state index contributed by atoms with van der Waals surface area (Å²) >= 11 is 1.89. The average Bonchev–Trinajstić information content (AvgIpc) is 2.70. The molecule has 2 heterocycles. The van der Waals surface area contributed by atoms with E-state index in [1.54, 1.807) is 5.56 Å². The SMILES string of the molecule is CCCC1(Cc2csc3ccccc23)CNC1. The fourth-order valence-electron chi connectivity index (χ4n) is 2.97. The molecule has 1 saturated heterocycles. The average molecular weight is 245 g/mol. The van der Waals surface area contributed by atoms with Gasteiger partial charge in [-0.3, -0.25) is 0 Å². The minimum Gasteiger partial charge on any atom is -0.316 e. The van der Waals surface area contributed by atoms with Gasteiger partial charge in [0.1, 0.15) is 0 Å². The highest BCUT2D eigenvalue weighted by molar-refractivity contribution is 7.17. The van der Waals surface area contributed by atoms with Crippen LogP contribution >= 0.6 is 11.3 Å². The minimum atomic E-state index is 0.540. The maximum absolute atomic E-state index is 3.45. The summed E-state index contributed by atoms with van der Waals surface area (Å²) in [6, 6.07) is 8.79. The highest BCUT2D eigenvalue weighted by Gasteiger charge is 2.36. The van der Waals surface area contributed by atoms with Gasteiger partial charge in [0.25, 0.3) is 0 Å². The smallest absolute Gasteiger partial charge is 0.0345 e. The van der Waals surface area contributed by atoms with Gasteiger partial charge in [-0.2, -0.15) is 0 Å². The molecule has 0 spiro atoms. The largest absolute Gasteiger partial charge is 0.316 e. The van der Waals surface area contributed by atoms with Crippen LogP contribution in [0.5, 0.6) is 0 Å². The highest BCUT2D eigenvalue weighted by Crippen LogP contribution is 2.36. The topological polar surface area (TPSA) is 12.0 Å². The molecule has 90 valence electrons. The van der Waals surface area contributed by atoms with Gasteiger partial charge in [0.2, 0.25) is 0 Å². The summed E-state index contributed by atoms with van der Waals surface area (Å²) in [4.78, 5) is 0. The third kappa shape index (κ3) is 2.00. The molecular weight excluding hydrogens is 226 g/mol. The fourth-order valence-corrected chi connectivity index (χ4v) is 3.94. The second kappa shape index (κ2) is 4.43. The van der Waals surface area contributed by atoms with E-state index < -0.39 is 0 Å². The summed E-state index contributed by atoms with van der Waals surface area (Å²) in [6.07, 6.45) is 3.89. The van der Waals surface area contributed by atoms with Crippen LogP contribution in [0.1, 0.15) is 25.3 Å². The molecule has 0 amide bonds. The molecule has 0 saturated carbocycles. The Labute approximate surface area is 107 Å². The number of hydrogen-bond acceptors (Lipinski definition) is 2. The monoisotopic (exact) mass is 245 g/mol. The summed E-state index contributed by atoms with van der Waals surface area (Å²) < 4.78 is 1.43. The number of rotatable bonds is 4. The van der Waals surface area contributed by atoms with Crippen LogP contribution < -0.4 is 5.32 Å². The number of thiophene rings is 1. The second-order valence-corrected chi connectivity index (χ2v) is 6.20. The van der Waals surface area contributed by atoms with Crippen LogP contribution in [0.15, 0.2) is 29.6 Å². The Bertz CT molecular complexity index is 510. The van der Waals surface area contributed by atoms with Gasteiger partial charge in [-0.1, -0.05) is 31.5 Å². The standard InChI is InChI=1S/C15H19NS/c1-2-7-15(10-16-11-15)8-12-9-17-14-6-4-3-5-13(12)14/h3-6,9,16H,2,7-8,10-11H2,1H3. The molecular formula is C15H19NS. The van der Waals surface area contributed by atoms with Crippen LogP contribution in [0.3, 0.4) is 0 Å². The van der Waals surface area contributed by atoms with Gasteiger partial charge >= 0.3 is 0 Å². The molecule has 2 aromatic rings. The Balaban J connectivity index is 1.89. The molecule has 0 bridgehead atoms. The molecule has 0 aliphatic carbocycles. The fraction of sp³-hybridized carbons (Fsp3) is 0.467. The van der Waals surface area contributed by atoms with Gasteiger partial charge in [-0.15, -0.1) is 11.3 Å². The van der Waals surface area contributed by atoms with Gasteiger partial charge in [0.15, 0.2) is 0 Å². The van der Waals surface area contributed by atoms with Crippen molar-refractivity contribution >= 4 is 21.4 Å². The van der Waals surface area contributed by atoms with Gasteiger partial charge < -0.3 is 5.32 Å². The summed E-state index contributed by atoms with van der Waals surface area (Å²) in [6.45, 7) is 4.70. The quantitative estimate of drug-likeness (QED) is 0.863. The maximum atomic E-state index is 3.45. The van der Waals surface area contributed by atoms with E-state index in [2.05, 4.69) is 41.9 Å². The van der Waals surface area contributed by atoms with E-state index in [1.165, 1.54) is 42.4 Å². The summed E-state index contributed by atoms with van der Waals surface area (Å²) in [5.41, 5.74) is 2.10. The van der Waals surface area contributed by atoms with Crippen molar-refractivity contribution in [2.45, 2.75) is 26.2 Å². The molecule has 1 aliphatic rings. The molecule has 3 rings (SSSR count). The summed E-state index contributed by atoms with van der Waals surface area (Å²) in [5.74, 6) is 0. The first-order valence-electron chi connectivity index (χ1n) is 6.49. The lowest BCUT2D eigenvalue weighted by molar-refractivity contribution is 0.151. The highest BCUT2D eigenvalue weighted by atomic mass is 32.1. The number of benzene rings is 1. The van der Waals surface area contributed by atoms with Crippen LogP contribution in [0, 0.1) is 5.41 Å². The number of hydrogen-bond donors (Lipinski definition) is 1. The van der Waals surface area contributed by atoms with E-state index in [1.807, 2.05) is 11.3 Å². The zero-order valence-electron chi connectivity index (χ0n) is 10.3. The van der Waals surface area contributed by atoms with Crippen LogP contribution in [0.25, 0.3) is 10.1 Å². The molecule has 0 radical (unpaired) electrons. The first-order chi connectivity index (χ1) is 8.33. The Morgan fingerprint density at radius 3 is 2.82 bits per heavy atom. The lowest BCUT2D eigenvalue weighted by atomic mass is 9.73. The Kier molecular flexibility index (Phi) is 2.93. The van der Waals surface area contributed by atoms with Crippen molar-refractivity contribution in [2.75, 3.05) is 13.1 Å². The molecule has 2 heteroatoms. The van der Waals surface area contributed by atoms with E-state index in [0.717, 1.165) is 0 Å². The van der Waals surface area contributed by atoms with E-state index in [-0.39, 0.29) is 0 Å². The van der Waals surface area contributed by atoms with Crippen molar-refractivity contribution in [3.63, 3.8) is 0 Å². The van der Waals surface area contributed by atoms with Gasteiger partial charge in [0.05, 0.1) is 0 Å². The lowest BCUT2D eigenvalue weighted by Crippen LogP contribution is -2.54. The predicted octanol–water partition coefficient (Wildman–Crippen LogP) is 3.83. The van der Waals surface area contributed by atoms with E-state index in [0.29, 0.717) is 5.41 Å². The normalized spacial score (nSPS) is 18.2. The third-order valence-corrected chi connectivity index (χ3v) is 4.92. The van der Waals surface area contributed by atoms with Crippen LogP contribution in [-0.4, -0.2) is 13.1 Å². The predicted molar refractivity (Wildman–Crippen MR) is 75.7 cm³/mol. The van der Waals surface area contributed by atoms with E-state index in [9.17, 15) is 0 Å². The molecule has 17 heavy (non-hydrogen) atoms. The number of nitrogens with one attached hydrogen (secondary N) is 1. The molecule has 0 unspecified atom stereocenters. The lowest BCUT2D eigenvalue weighted by Gasteiger charge is -2.43. The molecule has 1 aliphatic heterocycles. The van der Waals surface area contributed by atoms with Crippen LogP contribution in [-0.2, 0) is 6.42 Å². The van der Waals surface area contributed by atoms with E-state index >= 15 is 0 Å². The zero-order valence-corrected chi connectivity index (χ0v) is 11.1. The first kappa shape index (κ1) is 11.2. The van der Waals surface area contributed by atoms with Gasteiger partial charge in [0, 0.05) is 17.8 Å². The van der Waals surface area contributed by atoms with E-state index in [4.69, 9.17) is 0 Å². The minimum absolute atomic E-state index is 0.540. The maximum Gasteiger partial charge on any atom is 0.0345 e. The van der Waals surface area contributed by atoms with Crippen molar-refractivity contribution in [3.8, 4) is 0 Å². The van der Waals surface area contributed by atoms with Crippen molar-refractivity contribution in [1.29, 1.82) is 0 Å². The van der Waals surface area contributed by atoms with Crippen LogP contribution in [0.2, 0.25) is 0 Å². The molecule has 1 aromatic carbocycles. The van der Waals surface area contributed by atoms with Crippen molar-refractivity contribution in [1.82, 2.24) is 5.32 Å². The van der Waals surface area contributed by atoms with Crippen molar-refractivity contribution < 1.29 is 0 Å². The molecule has 1 nitrogen and oxygen atoms in total. The molecule has 1 aromatic heterocycles. The Morgan fingerprint density at radius 1 is 1.29 bits per heavy atom. The Morgan fingerprint density at radius 2 is 2.12 bits per heavy atom. The van der Waals surface area contributed by atoms with Crippen LogP contribution in [0.4, 0.5) is 0 Å². The van der Waals surface area contributed by atoms with Gasteiger partial charge in [-0.05, 0) is 40.7 Å². The Hall–Kier alpha value is -0.860. The van der Waals surface area contributed by atoms with Crippen molar-refractivity contribution in [2.24, 2.45) is 5.41 Å². The molecule has 1 N–H and O–H groups in total. The third-order valence-electron chi connectivity index (χ3n) is 3.91. The van der Waals surface area contributed by atoms with Gasteiger partial charge in [-0.25, -0.2) is 0 Å². The molecule has 1 fully saturated rings. The number of fused-ring (bicyclic) bond motifs is 1.